The summed E-state index contributed by atoms with van der Waals surface area (Å²) in [4.78, 5) is 30.9. The maximum Gasteiger partial charge on any atom is 0.261 e. The lowest BCUT2D eigenvalue weighted by atomic mass is 9.96. The molecule has 1 unspecified atom stereocenters. The number of hydrogen-bond acceptors (Lipinski definition) is 3. The number of aliphatic imine (C=N–C) groups is 1. The summed E-state index contributed by atoms with van der Waals surface area (Å²) >= 11 is 0. The molecule has 0 aromatic heterocycles. The lowest BCUT2D eigenvalue weighted by Crippen LogP contribution is -2.48. The van der Waals surface area contributed by atoms with E-state index in [2.05, 4.69) is 4.99 Å². The lowest BCUT2D eigenvalue weighted by molar-refractivity contribution is -0.123. The summed E-state index contributed by atoms with van der Waals surface area (Å²) in [6, 6.07) is 6.92. The normalized spacial score (nSPS) is 23.1. The number of aromatic hydroxyl groups is 1. The van der Waals surface area contributed by atoms with E-state index in [0.717, 1.165) is 10.8 Å². The average molecular weight is 308 g/mol. The van der Waals surface area contributed by atoms with E-state index in [1.165, 1.54) is 0 Å². The van der Waals surface area contributed by atoms with Gasteiger partial charge in [-0.25, -0.2) is 0 Å². The Balaban J connectivity index is 2.08. The van der Waals surface area contributed by atoms with E-state index in [0.29, 0.717) is 22.5 Å². The number of amidine groups is 1. The van der Waals surface area contributed by atoms with Crippen LogP contribution in [0.5, 0.6) is 5.75 Å². The van der Waals surface area contributed by atoms with Gasteiger partial charge in [-0.05, 0) is 36.9 Å². The fourth-order valence-corrected chi connectivity index (χ4v) is 3.47. The summed E-state index contributed by atoms with van der Waals surface area (Å²) in [7, 11) is 0. The minimum absolute atomic E-state index is 0.148. The minimum Gasteiger partial charge on any atom is -0.508 e. The Hall–Kier alpha value is -2.69. The first-order chi connectivity index (χ1) is 10.9. The van der Waals surface area contributed by atoms with Gasteiger partial charge in [0.2, 0.25) is 0 Å². The number of hydrogen-bond donors (Lipinski definition) is 1. The van der Waals surface area contributed by atoms with Gasteiger partial charge in [0.25, 0.3) is 11.8 Å². The minimum atomic E-state index is -0.322. The first-order valence-electron chi connectivity index (χ1n) is 7.63. The Morgan fingerprint density at radius 3 is 2.57 bits per heavy atom. The molecular formula is C18H16N2O3. The Morgan fingerprint density at radius 1 is 1.13 bits per heavy atom. The van der Waals surface area contributed by atoms with Crippen LogP contribution >= 0.6 is 0 Å². The second-order valence-corrected chi connectivity index (χ2v) is 6.27. The van der Waals surface area contributed by atoms with E-state index in [-0.39, 0.29) is 29.5 Å². The second-order valence-electron chi connectivity index (χ2n) is 6.27. The Morgan fingerprint density at radius 2 is 1.83 bits per heavy atom. The summed E-state index contributed by atoms with van der Waals surface area (Å²) in [5, 5.41) is 11.6. The molecule has 0 bridgehead atoms. The maximum absolute atomic E-state index is 13.0. The predicted molar refractivity (Wildman–Crippen MR) is 86.7 cm³/mol. The van der Waals surface area contributed by atoms with Crippen molar-refractivity contribution in [3.8, 4) is 5.75 Å². The number of phenols is 1. The van der Waals surface area contributed by atoms with Gasteiger partial charge in [-0.3, -0.25) is 14.5 Å². The molecule has 1 N–H and O–H groups in total. The first-order valence-corrected chi connectivity index (χ1v) is 7.63. The van der Waals surface area contributed by atoms with Crippen molar-refractivity contribution in [1.82, 2.24) is 4.90 Å². The van der Waals surface area contributed by atoms with E-state index in [1.54, 1.807) is 30.9 Å². The zero-order chi connectivity index (χ0) is 16.5. The van der Waals surface area contributed by atoms with Crippen molar-refractivity contribution in [2.75, 3.05) is 0 Å². The molecule has 0 radical (unpaired) electrons. The lowest BCUT2D eigenvalue weighted by Gasteiger charge is -2.32. The molecule has 2 amide bonds. The molecule has 2 aromatic carbocycles. The van der Waals surface area contributed by atoms with Crippen molar-refractivity contribution in [3.05, 3.63) is 41.0 Å². The van der Waals surface area contributed by atoms with Crippen LogP contribution in [0.1, 0.15) is 35.3 Å². The smallest absolute Gasteiger partial charge is 0.261 e. The van der Waals surface area contributed by atoms with Crippen molar-refractivity contribution >= 4 is 28.4 Å². The average Bonchev–Trinajstić information content (AvgIpc) is 2.81. The molecule has 2 aliphatic heterocycles. The topological polar surface area (TPSA) is 70.0 Å². The molecule has 0 saturated heterocycles. The largest absolute Gasteiger partial charge is 0.508 e. The number of benzene rings is 2. The third-order valence-corrected chi connectivity index (χ3v) is 5.06. The fourth-order valence-electron chi connectivity index (χ4n) is 3.47. The van der Waals surface area contributed by atoms with Crippen molar-refractivity contribution in [2.45, 2.75) is 26.8 Å². The van der Waals surface area contributed by atoms with Gasteiger partial charge in [-0.15, -0.1) is 0 Å². The molecular weight excluding hydrogens is 292 g/mol. The molecule has 0 aliphatic carbocycles. The van der Waals surface area contributed by atoms with Gasteiger partial charge in [0.1, 0.15) is 11.6 Å². The fraction of sp³-hybridized carbons (Fsp3) is 0.278. The van der Waals surface area contributed by atoms with Crippen LogP contribution in [0.4, 0.5) is 0 Å². The van der Waals surface area contributed by atoms with Crippen molar-refractivity contribution in [2.24, 2.45) is 10.9 Å². The third kappa shape index (κ3) is 1.64. The number of fused-ring (bicyclic) bond motifs is 5. The van der Waals surface area contributed by atoms with Crippen LogP contribution < -0.4 is 0 Å². The Labute approximate surface area is 133 Å². The molecule has 2 aromatic rings. The van der Waals surface area contributed by atoms with E-state index in [9.17, 15) is 14.7 Å². The highest BCUT2D eigenvalue weighted by molar-refractivity contribution is 6.30. The van der Waals surface area contributed by atoms with E-state index in [1.807, 2.05) is 19.1 Å². The number of aryl methyl sites for hydroxylation is 1. The molecule has 4 rings (SSSR count). The predicted octanol–water partition coefficient (Wildman–Crippen LogP) is 2.62. The zero-order valence-corrected chi connectivity index (χ0v) is 13.1. The van der Waals surface area contributed by atoms with Crippen LogP contribution in [0.25, 0.3) is 10.8 Å². The summed E-state index contributed by atoms with van der Waals surface area (Å²) in [5.41, 5.74) is 1.87. The summed E-state index contributed by atoms with van der Waals surface area (Å²) in [6.45, 7) is 5.45. The maximum atomic E-state index is 13.0. The van der Waals surface area contributed by atoms with E-state index >= 15 is 0 Å². The zero-order valence-electron chi connectivity index (χ0n) is 13.1. The number of rotatable bonds is 0. The standard InChI is InChI=1S/C18H16N2O3/c1-8-10(3)20-16(19-17(8)22)12-6-4-11-5-7-13(21)9(2)14(11)15(12)18(20)23/h4-8,10,21H,1-3H3/t8-,10?/m0/s1. The molecule has 2 aliphatic rings. The summed E-state index contributed by atoms with van der Waals surface area (Å²) in [6.07, 6.45) is 0. The molecule has 0 fully saturated rings. The van der Waals surface area contributed by atoms with Crippen LogP contribution in [-0.4, -0.2) is 33.7 Å². The van der Waals surface area contributed by atoms with Crippen molar-refractivity contribution < 1.29 is 14.7 Å². The molecule has 2 heterocycles. The molecule has 0 spiro atoms. The SMILES string of the molecule is Cc1c(O)ccc2ccc3c(c12)C(=O)N1C3=NC(=O)[C@@H](C)C1C. The molecule has 2 atom stereocenters. The quantitative estimate of drug-likeness (QED) is 0.813. The highest BCUT2D eigenvalue weighted by atomic mass is 16.3. The Bertz CT molecular complexity index is 929. The van der Waals surface area contributed by atoms with Gasteiger partial charge >= 0.3 is 0 Å². The van der Waals surface area contributed by atoms with Crippen LogP contribution in [0, 0.1) is 12.8 Å². The van der Waals surface area contributed by atoms with Gasteiger partial charge < -0.3 is 5.11 Å². The second kappa shape index (κ2) is 4.41. The number of carbonyl (C=O) groups is 2. The van der Waals surface area contributed by atoms with Crippen molar-refractivity contribution in [1.29, 1.82) is 0 Å². The molecule has 5 heteroatoms. The highest BCUT2D eigenvalue weighted by Crippen LogP contribution is 2.38. The number of amides is 2. The number of nitrogens with zero attached hydrogens (tertiary/aromatic N) is 2. The van der Waals surface area contributed by atoms with Gasteiger partial charge in [-0.2, -0.15) is 4.99 Å². The highest BCUT2D eigenvalue weighted by Gasteiger charge is 2.44. The molecule has 116 valence electrons. The van der Waals surface area contributed by atoms with Gasteiger partial charge in [0.15, 0.2) is 0 Å². The summed E-state index contributed by atoms with van der Waals surface area (Å²) < 4.78 is 0. The molecule has 23 heavy (non-hydrogen) atoms. The third-order valence-electron chi connectivity index (χ3n) is 5.06. The Kier molecular flexibility index (Phi) is 2.67. The van der Waals surface area contributed by atoms with Crippen LogP contribution in [0.2, 0.25) is 0 Å². The first kappa shape index (κ1) is 13.9. The van der Waals surface area contributed by atoms with Crippen LogP contribution in [0.15, 0.2) is 29.3 Å². The molecule has 5 nitrogen and oxygen atoms in total. The van der Waals surface area contributed by atoms with E-state index < -0.39 is 0 Å². The van der Waals surface area contributed by atoms with Crippen molar-refractivity contribution in [3.63, 3.8) is 0 Å². The molecule has 0 saturated carbocycles. The summed E-state index contributed by atoms with van der Waals surface area (Å²) in [5.74, 6) is -0.0759. The number of phenolic OH excluding ortho intramolecular Hbond substituents is 1. The van der Waals surface area contributed by atoms with E-state index in [4.69, 9.17) is 0 Å². The monoisotopic (exact) mass is 308 g/mol. The van der Waals surface area contributed by atoms with Crippen LogP contribution in [0.3, 0.4) is 0 Å². The van der Waals surface area contributed by atoms with Gasteiger partial charge in [-0.1, -0.05) is 19.1 Å². The van der Waals surface area contributed by atoms with Gasteiger partial charge in [0, 0.05) is 17.0 Å². The van der Waals surface area contributed by atoms with Crippen LogP contribution in [-0.2, 0) is 4.79 Å². The number of carbonyl (C=O) groups excluding carboxylic acids is 2. The van der Waals surface area contributed by atoms with Gasteiger partial charge in [0.05, 0.1) is 11.5 Å².